The van der Waals surface area contributed by atoms with E-state index in [0.717, 1.165) is 11.3 Å². The molecule has 1 aromatic carbocycles. The number of hydrogen-bond acceptors (Lipinski definition) is 3. The van der Waals surface area contributed by atoms with Crippen molar-refractivity contribution in [3.63, 3.8) is 0 Å². The van der Waals surface area contributed by atoms with Gasteiger partial charge >= 0.3 is 5.97 Å². The summed E-state index contributed by atoms with van der Waals surface area (Å²) < 4.78 is 5.27. The van der Waals surface area contributed by atoms with Gasteiger partial charge in [-0.2, -0.15) is 0 Å². The molecule has 2 rings (SSSR count). The molecule has 1 aliphatic rings. The molecule has 0 heterocycles. The zero-order chi connectivity index (χ0) is 17.7. The van der Waals surface area contributed by atoms with Gasteiger partial charge < -0.3 is 14.7 Å². The van der Waals surface area contributed by atoms with Crippen LogP contribution in [0.15, 0.2) is 24.3 Å². The Bertz CT molecular complexity index is 578. The number of amides is 1. The number of carbonyl (C=O) groups excluding carboxylic acids is 1. The molecule has 0 radical (unpaired) electrons. The Kier molecular flexibility index (Phi) is 6.23. The molecule has 0 aromatic heterocycles. The van der Waals surface area contributed by atoms with Crippen LogP contribution in [0.5, 0.6) is 5.75 Å². The Hall–Kier alpha value is -2.04. The summed E-state index contributed by atoms with van der Waals surface area (Å²) in [5.74, 6) is -0.173. The van der Waals surface area contributed by atoms with Crippen LogP contribution in [0, 0.1) is 11.8 Å². The van der Waals surface area contributed by atoms with Crippen molar-refractivity contribution in [3.8, 4) is 5.75 Å². The van der Waals surface area contributed by atoms with E-state index in [1.807, 2.05) is 43.0 Å². The molecule has 24 heavy (non-hydrogen) atoms. The smallest absolute Gasteiger partial charge is 0.306 e. The van der Waals surface area contributed by atoms with Crippen LogP contribution in [0.2, 0.25) is 0 Å². The van der Waals surface area contributed by atoms with Gasteiger partial charge in [-0.05, 0) is 57.2 Å². The van der Waals surface area contributed by atoms with Crippen molar-refractivity contribution in [1.82, 2.24) is 4.90 Å². The summed E-state index contributed by atoms with van der Waals surface area (Å²) in [6.07, 6.45) is 2.52. The summed E-state index contributed by atoms with van der Waals surface area (Å²) in [6, 6.07) is 7.75. The third-order valence-electron chi connectivity index (χ3n) is 5.09. The quantitative estimate of drug-likeness (QED) is 0.865. The average molecular weight is 333 g/mol. The Labute approximate surface area is 143 Å². The normalized spacial score (nSPS) is 21.8. The van der Waals surface area contributed by atoms with Gasteiger partial charge in [0.25, 0.3) is 0 Å². The minimum Gasteiger partial charge on any atom is -0.497 e. The van der Waals surface area contributed by atoms with Gasteiger partial charge in [0, 0.05) is 12.5 Å². The lowest BCUT2D eigenvalue weighted by atomic mass is 9.81. The Morgan fingerprint density at radius 2 is 1.88 bits per heavy atom. The number of methoxy groups -OCH3 is 1. The van der Waals surface area contributed by atoms with Gasteiger partial charge in [-0.1, -0.05) is 12.1 Å². The molecule has 5 heteroatoms. The fraction of sp³-hybridized carbons (Fsp3) is 0.579. The summed E-state index contributed by atoms with van der Waals surface area (Å²) in [7, 11) is 1.63. The van der Waals surface area contributed by atoms with Gasteiger partial charge in [0.15, 0.2) is 0 Å². The van der Waals surface area contributed by atoms with Crippen molar-refractivity contribution in [1.29, 1.82) is 0 Å². The van der Waals surface area contributed by atoms with Gasteiger partial charge in [0.2, 0.25) is 5.91 Å². The molecule has 1 saturated carbocycles. The Morgan fingerprint density at radius 1 is 1.25 bits per heavy atom. The molecule has 1 atom stereocenters. The largest absolute Gasteiger partial charge is 0.497 e. The first kappa shape index (κ1) is 18.3. The van der Waals surface area contributed by atoms with Gasteiger partial charge in [0.1, 0.15) is 5.75 Å². The molecule has 0 saturated heterocycles. The van der Waals surface area contributed by atoms with E-state index in [2.05, 4.69) is 0 Å². The third-order valence-corrected chi connectivity index (χ3v) is 5.09. The predicted molar refractivity (Wildman–Crippen MR) is 91.9 cm³/mol. The standard InChI is InChI=1S/C19H27NO4/c1-4-20(13(2)16-6-5-7-17(12-16)24-3)18(21)14-8-10-15(11-9-14)19(22)23/h5-7,12-15H,4,8-11H2,1-3H3,(H,22,23). The fourth-order valence-corrected chi connectivity index (χ4v) is 3.52. The highest BCUT2D eigenvalue weighted by atomic mass is 16.5. The minimum atomic E-state index is -0.738. The molecule has 1 fully saturated rings. The zero-order valence-electron chi connectivity index (χ0n) is 14.7. The number of carboxylic acids is 1. The topological polar surface area (TPSA) is 66.8 Å². The van der Waals surface area contributed by atoms with Crippen LogP contribution in [0.25, 0.3) is 0 Å². The maximum absolute atomic E-state index is 12.9. The summed E-state index contributed by atoms with van der Waals surface area (Å²) in [6.45, 7) is 4.65. The Morgan fingerprint density at radius 3 is 2.42 bits per heavy atom. The second-order valence-corrected chi connectivity index (χ2v) is 6.46. The van der Waals surface area contributed by atoms with E-state index in [1.165, 1.54) is 0 Å². The molecular formula is C19H27NO4. The van der Waals surface area contributed by atoms with Gasteiger partial charge in [-0.25, -0.2) is 0 Å². The number of ether oxygens (including phenoxy) is 1. The predicted octanol–water partition coefficient (Wildman–Crippen LogP) is 3.50. The fourth-order valence-electron chi connectivity index (χ4n) is 3.52. The van der Waals surface area contributed by atoms with Crippen molar-refractivity contribution >= 4 is 11.9 Å². The molecule has 1 unspecified atom stereocenters. The highest BCUT2D eigenvalue weighted by Crippen LogP contribution is 2.32. The third kappa shape index (κ3) is 4.08. The lowest BCUT2D eigenvalue weighted by Gasteiger charge is -2.34. The van der Waals surface area contributed by atoms with E-state index in [9.17, 15) is 9.59 Å². The van der Waals surface area contributed by atoms with Crippen molar-refractivity contribution in [3.05, 3.63) is 29.8 Å². The summed E-state index contributed by atoms with van der Waals surface area (Å²) in [5, 5.41) is 9.10. The molecule has 1 aliphatic carbocycles. The van der Waals surface area contributed by atoms with Crippen LogP contribution in [-0.2, 0) is 9.59 Å². The number of benzene rings is 1. The number of carboxylic acid groups (broad SMARTS) is 1. The first-order valence-corrected chi connectivity index (χ1v) is 8.65. The van der Waals surface area contributed by atoms with E-state index in [1.54, 1.807) is 7.11 Å². The maximum atomic E-state index is 12.9. The molecule has 132 valence electrons. The van der Waals surface area contributed by atoms with Crippen LogP contribution in [-0.4, -0.2) is 35.5 Å². The molecule has 0 aliphatic heterocycles. The summed E-state index contributed by atoms with van der Waals surface area (Å²) in [5.41, 5.74) is 1.05. The molecule has 0 spiro atoms. The molecule has 1 N–H and O–H groups in total. The molecule has 0 bridgehead atoms. The monoisotopic (exact) mass is 333 g/mol. The molecule has 5 nitrogen and oxygen atoms in total. The van der Waals surface area contributed by atoms with Gasteiger partial charge in [-0.3, -0.25) is 9.59 Å². The van der Waals surface area contributed by atoms with Crippen molar-refractivity contribution in [2.45, 2.75) is 45.6 Å². The highest BCUT2D eigenvalue weighted by molar-refractivity contribution is 5.80. The van der Waals surface area contributed by atoms with Crippen LogP contribution in [0.1, 0.15) is 51.1 Å². The van der Waals surface area contributed by atoms with E-state index in [4.69, 9.17) is 9.84 Å². The number of aliphatic carboxylic acids is 1. The highest BCUT2D eigenvalue weighted by Gasteiger charge is 2.33. The summed E-state index contributed by atoms with van der Waals surface area (Å²) in [4.78, 5) is 25.9. The lowest BCUT2D eigenvalue weighted by molar-refractivity contribution is -0.146. The van der Waals surface area contributed by atoms with E-state index < -0.39 is 5.97 Å². The number of nitrogens with zero attached hydrogens (tertiary/aromatic N) is 1. The van der Waals surface area contributed by atoms with E-state index >= 15 is 0 Å². The van der Waals surface area contributed by atoms with Crippen molar-refractivity contribution in [2.24, 2.45) is 11.8 Å². The second kappa shape index (κ2) is 8.18. The second-order valence-electron chi connectivity index (χ2n) is 6.46. The van der Waals surface area contributed by atoms with E-state index in [0.29, 0.717) is 32.2 Å². The first-order chi connectivity index (χ1) is 11.5. The maximum Gasteiger partial charge on any atom is 0.306 e. The average Bonchev–Trinajstić information content (AvgIpc) is 2.62. The summed E-state index contributed by atoms with van der Waals surface area (Å²) >= 11 is 0. The van der Waals surface area contributed by atoms with Crippen molar-refractivity contribution < 1.29 is 19.4 Å². The number of rotatable bonds is 6. The minimum absolute atomic E-state index is 0.0326. The number of hydrogen-bond donors (Lipinski definition) is 1. The number of carbonyl (C=O) groups is 2. The van der Waals surface area contributed by atoms with Crippen LogP contribution in [0.4, 0.5) is 0 Å². The van der Waals surface area contributed by atoms with Crippen LogP contribution in [0.3, 0.4) is 0 Å². The van der Waals surface area contributed by atoms with Crippen molar-refractivity contribution in [2.75, 3.05) is 13.7 Å². The molecular weight excluding hydrogens is 306 g/mol. The van der Waals surface area contributed by atoms with Gasteiger partial charge in [-0.15, -0.1) is 0 Å². The lowest BCUT2D eigenvalue weighted by Crippen LogP contribution is -2.39. The van der Waals surface area contributed by atoms with Gasteiger partial charge in [0.05, 0.1) is 19.1 Å². The van der Waals surface area contributed by atoms with Crippen LogP contribution >= 0.6 is 0 Å². The molecule has 1 amide bonds. The zero-order valence-corrected chi connectivity index (χ0v) is 14.7. The van der Waals surface area contributed by atoms with E-state index in [-0.39, 0.29) is 23.8 Å². The SMILES string of the molecule is CCN(C(=O)C1CCC(C(=O)O)CC1)C(C)c1cccc(OC)c1. The van der Waals surface area contributed by atoms with Crippen LogP contribution < -0.4 is 4.74 Å². The first-order valence-electron chi connectivity index (χ1n) is 8.65. The molecule has 1 aromatic rings. The Balaban J connectivity index is 2.07.